The number of nitrogens with zero attached hydrogens (tertiary/aromatic N) is 3. The predicted octanol–water partition coefficient (Wildman–Crippen LogP) is 2.52. The van der Waals surface area contributed by atoms with Gasteiger partial charge in [-0.05, 0) is 37.1 Å². The Morgan fingerprint density at radius 2 is 2.10 bits per heavy atom. The Kier molecular flexibility index (Phi) is 3.75. The Hall–Kier alpha value is -2.14. The fraction of sp³-hybridized carbons (Fsp3) is 0.267. The van der Waals surface area contributed by atoms with Gasteiger partial charge >= 0.3 is 0 Å². The molecule has 1 aliphatic heterocycles. The van der Waals surface area contributed by atoms with E-state index in [1.165, 1.54) is 0 Å². The average Bonchev–Trinajstić information content (AvgIpc) is 2.93. The van der Waals surface area contributed by atoms with E-state index in [1.54, 1.807) is 18.5 Å². The first kappa shape index (κ1) is 13.8. The third kappa shape index (κ3) is 2.69. The Morgan fingerprint density at radius 1 is 1.33 bits per heavy atom. The van der Waals surface area contributed by atoms with Gasteiger partial charge in [0, 0.05) is 29.6 Å². The van der Waals surface area contributed by atoms with Crippen LogP contribution in [0.2, 0.25) is 5.02 Å². The number of benzene rings is 1. The SMILES string of the molecule is CC(C(=O)Nc1ncccn1)N1CCc2c(Cl)cccc21. The molecule has 0 saturated carbocycles. The quantitative estimate of drug-likeness (QED) is 0.946. The molecule has 0 bridgehead atoms. The topological polar surface area (TPSA) is 58.1 Å². The average molecular weight is 303 g/mol. The van der Waals surface area contributed by atoms with Gasteiger partial charge in [0.2, 0.25) is 11.9 Å². The van der Waals surface area contributed by atoms with E-state index in [0.717, 1.165) is 29.2 Å². The number of carbonyl (C=O) groups is 1. The maximum atomic E-state index is 12.3. The van der Waals surface area contributed by atoms with Crippen molar-refractivity contribution in [2.45, 2.75) is 19.4 Å². The molecule has 5 nitrogen and oxygen atoms in total. The molecular weight excluding hydrogens is 288 g/mol. The van der Waals surface area contributed by atoms with Crippen molar-refractivity contribution in [3.05, 3.63) is 47.2 Å². The van der Waals surface area contributed by atoms with Crippen LogP contribution < -0.4 is 10.2 Å². The summed E-state index contributed by atoms with van der Waals surface area (Å²) in [7, 11) is 0. The number of hydrogen-bond acceptors (Lipinski definition) is 4. The van der Waals surface area contributed by atoms with Crippen molar-refractivity contribution in [2.75, 3.05) is 16.8 Å². The highest BCUT2D eigenvalue weighted by Crippen LogP contribution is 2.34. The van der Waals surface area contributed by atoms with Crippen molar-refractivity contribution < 1.29 is 4.79 Å². The summed E-state index contributed by atoms with van der Waals surface area (Å²) in [5.74, 6) is 0.189. The van der Waals surface area contributed by atoms with Crippen LogP contribution in [0.1, 0.15) is 12.5 Å². The molecule has 1 amide bonds. The van der Waals surface area contributed by atoms with Crippen LogP contribution in [0.5, 0.6) is 0 Å². The van der Waals surface area contributed by atoms with Gasteiger partial charge in [0.15, 0.2) is 0 Å². The minimum absolute atomic E-state index is 0.131. The van der Waals surface area contributed by atoms with Gasteiger partial charge in [0.1, 0.15) is 6.04 Å². The maximum Gasteiger partial charge on any atom is 0.249 e. The van der Waals surface area contributed by atoms with Gasteiger partial charge in [0.05, 0.1) is 0 Å². The molecule has 2 heterocycles. The van der Waals surface area contributed by atoms with Crippen molar-refractivity contribution in [3.63, 3.8) is 0 Å². The van der Waals surface area contributed by atoms with Crippen molar-refractivity contribution in [1.82, 2.24) is 9.97 Å². The Labute approximate surface area is 128 Å². The fourth-order valence-corrected chi connectivity index (χ4v) is 2.80. The van der Waals surface area contributed by atoms with Gasteiger partial charge < -0.3 is 4.90 Å². The summed E-state index contributed by atoms with van der Waals surface area (Å²) in [5, 5.41) is 3.49. The molecule has 0 fully saturated rings. The van der Waals surface area contributed by atoms with Gasteiger partial charge in [-0.25, -0.2) is 9.97 Å². The molecule has 1 aromatic heterocycles. The molecule has 6 heteroatoms. The van der Waals surface area contributed by atoms with E-state index in [-0.39, 0.29) is 11.9 Å². The number of fused-ring (bicyclic) bond motifs is 1. The summed E-state index contributed by atoms with van der Waals surface area (Å²) in [6, 6.07) is 7.18. The summed E-state index contributed by atoms with van der Waals surface area (Å²) >= 11 is 6.20. The van der Waals surface area contributed by atoms with E-state index in [9.17, 15) is 4.79 Å². The molecule has 21 heavy (non-hydrogen) atoms. The van der Waals surface area contributed by atoms with Crippen LogP contribution in [0.3, 0.4) is 0 Å². The van der Waals surface area contributed by atoms with E-state index < -0.39 is 0 Å². The van der Waals surface area contributed by atoms with Crippen LogP contribution in [0.25, 0.3) is 0 Å². The largest absolute Gasteiger partial charge is 0.359 e. The molecule has 3 rings (SSSR count). The summed E-state index contributed by atoms with van der Waals surface area (Å²) in [5.41, 5.74) is 2.13. The summed E-state index contributed by atoms with van der Waals surface area (Å²) in [6.07, 6.45) is 4.05. The van der Waals surface area contributed by atoms with Crippen molar-refractivity contribution in [1.29, 1.82) is 0 Å². The maximum absolute atomic E-state index is 12.3. The van der Waals surface area contributed by atoms with Crippen LogP contribution in [0.15, 0.2) is 36.7 Å². The Bertz CT molecular complexity index is 662. The lowest BCUT2D eigenvalue weighted by atomic mass is 10.1. The molecule has 2 aromatic rings. The van der Waals surface area contributed by atoms with Gasteiger partial charge in [-0.15, -0.1) is 0 Å². The number of hydrogen-bond donors (Lipinski definition) is 1. The first-order chi connectivity index (χ1) is 10.2. The normalized spacial score (nSPS) is 14.7. The zero-order valence-electron chi connectivity index (χ0n) is 11.6. The molecule has 0 aliphatic carbocycles. The minimum atomic E-state index is -0.312. The van der Waals surface area contributed by atoms with Crippen LogP contribution in [-0.2, 0) is 11.2 Å². The van der Waals surface area contributed by atoms with E-state index in [2.05, 4.69) is 20.2 Å². The highest BCUT2D eigenvalue weighted by Gasteiger charge is 2.29. The molecule has 0 saturated heterocycles. The molecule has 1 unspecified atom stereocenters. The lowest BCUT2D eigenvalue weighted by Crippen LogP contribution is -2.41. The molecule has 108 valence electrons. The molecule has 1 aromatic carbocycles. The number of nitrogens with one attached hydrogen (secondary N) is 1. The molecule has 1 atom stereocenters. The number of anilines is 2. The zero-order valence-corrected chi connectivity index (χ0v) is 12.3. The van der Waals surface area contributed by atoms with Crippen LogP contribution in [-0.4, -0.2) is 28.5 Å². The van der Waals surface area contributed by atoms with Crippen LogP contribution in [0, 0.1) is 0 Å². The van der Waals surface area contributed by atoms with Gasteiger partial charge in [-0.2, -0.15) is 0 Å². The van der Waals surface area contributed by atoms with Gasteiger partial charge in [-0.3, -0.25) is 10.1 Å². The van der Waals surface area contributed by atoms with Crippen molar-refractivity contribution in [2.24, 2.45) is 0 Å². The molecule has 1 N–H and O–H groups in total. The Balaban J connectivity index is 1.77. The van der Waals surface area contributed by atoms with E-state index in [1.807, 2.05) is 25.1 Å². The monoisotopic (exact) mass is 302 g/mol. The molecule has 0 spiro atoms. The Morgan fingerprint density at radius 3 is 2.86 bits per heavy atom. The number of halogens is 1. The lowest BCUT2D eigenvalue weighted by molar-refractivity contribution is -0.117. The second-order valence-corrected chi connectivity index (χ2v) is 5.33. The second kappa shape index (κ2) is 5.69. The third-order valence-corrected chi connectivity index (χ3v) is 4.01. The van der Waals surface area contributed by atoms with E-state index in [0.29, 0.717) is 5.95 Å². The molecule has 0 radical (unpaired) electrons. The van der Waals surface area contributed by atoms with E-state index >= 15 is 0 Å². The second-order valence-electron chi connectivity index (χ2n) is 4.92. The van der Waals surface area contributed by atoms with Gasteiger partial charge in [0.25, 0.3) is 0 Å². The summed E-state index contributed by atoms with van der Waals surface area (Å²) in [4.78, 5) is 22.4. The lowest BCUT2D eigenvalue weighted by Gasteiger charge is -2.26. The summed E-state index contributed by atoms with van der Waals surface area (Å²) in [6.45, 7) is 2.65. The molecule has 1 aliphatic rings. The van der Waals surface area contributed by atoms with E-state index in [4.69, 9.17) is 11.6 Å². The first-order valence-corrected chi connectivity index (χ1v) is 7.16. The standard InChI is InChI=1S/C15H15ClN4O/c1-10(14(21)19-15-17-7-3-8-18-15)20-9-6-11-12(16)4-2-5-13(11)20/h2-5,7-8,10H,6,9H2,1H3,(H,17,18,19,21). The highest BCUT2D eigenvalue weighted by atomic mass is 35.5. The minimum Gasteiger partial charge on any atom is -0.359 e. The smallest absolute Gasteiger partial charge is 0.249 e. The highest BCUT2D eigenvalue weighted by molar-refractivity contribution is 6.31. The van der Waals surface area contributed by atoms with Crippen molar-refractivity contribution in [3.8, 4) is 0 Å². The van der Waals surface area contributed by atoms with Gasteiger partial charge in [-0.1, -0.05) is 17.7 Å². The molecular formula is C15H15ClN4O. The number of amides is 1. The fourth-order valence-electron chi connectivity index (χ4n) is 2.54. The predicted molar refractivity (Wildman–Crippen MR) is 82.6 cm³/mol. The summed E-state index contributed by atoms with van der Waals surface area (Å²) < 4.78 is 0. The number of rotatable bonds is 3. The zero-order chi connectivity index (χ0) is 14.8. The number of aromatic nitrogens is 2. The third-order valence-electron chi connectivity index (χ3n) is 3.65. The van der Waals surface area contributed by atoms with Crippen LogP contribution in [0.4, 0.5) is 11.6 Å². The van der Waals surface area contributed by atoms with Crippen molar-refractivity contribution >= 4 is 29.1 Å². The number of carbonyl (C=O) groups excluding carboxylic acids is 1. The first-order valence-electron chi connectivity index (χ1n) is 6.79. The van der Waals surface area contributed by atoms with Crippen LogP contribution >= 0.6 is 11.6 Å².